The van der Waals surface area contributed by atoms with Crippen molar-refractivity contribution in [1.82, 2.24) is 10.2 Å². The van der Waals surface area contributed by atoms with Crippen LogP contribution in [-0.2, 0) is 16.4 Å². The summed E-state index contributed by atoms with van der Waals surface area (Å²) in [5.74, 6) is 0. The van der Waals surface area contributed by atoms with Gasteiger partial charge in [0.25, 0.3) is 0 Å². The fourth-order valence-corrected chi connectivity index (χ4v) is 2.95. The molecule has 19 heavy (non-hydrogen) atoms. The zero-order valence-electron chi connectivity index (χ0n) is 10.3. The number of benzene rings is 1. The van der Waals surface area contributed by atoms with Gasteiger partial charge in [-0.25, -0.2) is 8.42 Å². The van der Waals surface area contributed by atoms with Crippen LogP contribution in [-0.4, -0.2) is 24.9 Å². The molecule has 0 amide bonds. The van der Waals surface area contributed by atoms with Crippen LogP contribution >= 0.6 is 11.8 Å². The van der Waals surface area contributed by atoms with E-state index in [1.807, 2.05) is 6.07 Å². The zero-order chi connectivity index (χ0) is 13.9. The van der Waals surface area contributed by atoms with Crippen LogP contribution in [0.15, 0.2) is 51.3 Å². The van der Waals surface area contributed by atoms with Crippen LogP contribution in [0.4, 0.5) is 0 Å². The third-order valence-corrected chi connectivity index (χ3v) is 4.63. The highest BCUT2D eigenvalue weighted by molar-refractivity contribution is 7.99. The smallest absolute Gasteiger partial charge is 0.175 e. The zero-order valence-corrected chi connectivity index (χ0v) is 11.9. The monoisotopic (exact) mass is 295 g/mol. The lowest BCUT2D eigenvalue weighted by Gasteiger charge is -2.05. The quantitative estimate of drug-likeness (QED) is 0.919. The molecular weight excluding hydrogens is 282 g/mol. The van der Waals surface area contributed by atoms with Crippen molar-refractivity contribution in [3.05, 3.63) is 42.1 Å². The van der Waals surface area contributed by atoms with Crippen molar-refractivity contribution in [2.24, 2.45) is 5.73 Å². The molecule has 2 aromatic rings. The molecule has 0 fully saturated rings. The molecule has 0 saturated heterocycles. The first-order chi connectivity index (χ1) is 9.00. The SMILES string of the molecule is CS(=O)(=O)c1ccc(Sc2nnccc2CN)cc1. The normalized spacial score (nSPS) is 11.5. The predicted molar refractivity (Wildman–Crippen MR) is 73.6 cm³/mol. The minimum atomic E-state index is -3.16. The Morgan fingerprint density at radius 1 is 1.21 bits per heavy atom. The van der Waals surface area contributed by atoms with Crippen LogP contribution in [0.5, 0.6) is 0 Å². The van der Waals surface area contributed by atoms with Crippen LogP contribution in [0.1, 0.15) is 5.56 Å². The predicted octanol–water partition coefficient (Wildman–Crippen LogP) is 1.49. The molecule has 100 valence electrons. The summed E-state index contributed by atoms with van der Waals surface area (Å²) >= 11 is 1.41. The molecule has 7 heteroatoms. The van der Waals surface area contributed by atoms with Gasteiger partial charge in [-0.05, 0) is 30.3 Å². The summed E-state index contributed by atoms with van der Waals surface area (Å²) in [6.45, 7) is 0.388. The minimum absolute atomic E-state index is 0.301. The van der Waals surface area contributed by atoms with Crippen LogP contribution in [0.25, 0.3) is 0 Å². The molecule has 2 rings (SSSR count). The van der Waals surface area contributed by atoms with E-state index in [-0.39, 0.29) is 0 Å². The highest BCUT2D eigenvalue weighted by Gasteiger charge is 2.08. The van der Waals surface area contributed by atoms with E-state index in [4.69, 9.17) is 5.73 Å². The van der Waals surface area contributed by atoms with Crippen LogP contribution < -0.4 is 5.73 Å². The van der Waals surface area contributed by atoms with E-state index in [1.165, 1.54) is 18.0 Å². The molecule has 0 radical (unpaired) electrons. The van der Waals surface area contributed by atoms with Gasteiger partial charge in [-0.3, -0.25) is 0 Å². The second-order valence-corrected chi connectivity index (χ2v) is 6.99. The Morgan fingerprint density at radius 3 is 2.47 bits per heavy atom. The minimum Gasteiger partial charge on any atom is -0.326 e. The van der Waals surface area contributed by atoms with Gasteiger partial charge < -0.3 is 5.73 Å². The lowest BCUT2D eigenvalue weighted by molar-refractivity contribution is 0.602. The van der Waals surface area contributed by atoms with Gasteiger partial charge in [0.05, 0.1) is 4.90 Å². The molecule has 0 unspecified atom stereocenters. The Balaban J connectivity index is 2.25. The molecular formula is C12H13N3O2S2. The molecule has 0 aliphatic carbocycles. The first-order valence-electron chi connectivity index (χ1n) is 5.49. The fraction of sp³-hybridized carbons (Fsp3) is 0.167. The van der Waals surface area contributed by atoms with E-state index in [0.29, 0.717) is 11.4 Å². The maximum absolute atomic E-state index is 11.4. The van der Waals surface area contributed by atoms with Gasteiger partial charge in [-0.15, -0.1) is 5.10 Å². The lowest BCUT2D eigenvalue weighted by Crippen LogP contribution is -2.01. The second kappa shape index (κ2) is 5.68. The summed E-state index contributed by atoms with van der Waals surface area (Å²) in [6, 6.07) is 8.47. The largest absolute Gasteiger partial charge is 0.326 e. The van der Waals surface area contributed by atoms with Crippen LogP contribution in [0.3, 0.4) is 0 Å². The Hall–Kier alpha value is -1.44. The standard InChI is InChI=1S/C12H13N3O2S2/c1-19(16,17)11-4-2-10(3-5-11)18-12-9(8-13)6-7-14-15-12/h2-7H,8,13H2,1H3. The number of hydrogen-bond donors (Lipinski definition) is 1. The van der Waals surface area contributed by atoms with E-state index in [0.717, 1.165) is 15.5 Å². The van der Waals surface area contributed by atoms with Crippen molar-refractivity contribution in [2.75, 3.05) is 6.26 Å². The Kier molecular flexibility index (Phi) is 4.18. The average molecular weight is 295 g/mol. The summed E-state index contributed by atoms with van der Waals surface area (Å²) in [4.78, 5) is 1.19. The summed E-state index contributed by atoms with van der Waals surface area (Å²) in [5, 5.41) is 8.59. The highest BCUT2D eigenvalue weighted by Crippen LogP contribution is 2.28. The third kappa shape index (κ3) is 3.52. The average Bonchev–Trinajstić information content (AvgIpc) is 2.39. The van der Waals surface area contributed by atoms with E-state index < -0.39 is 9.84 Å². The number of hydrogen-bond acceptors (Lipinski definition) is 6. The van der Waals surface area contributed by atoms with E-state index >= 15 is 0 Å². The van der Waals surface area contributed by atoms with Gasteiger partial charge in [0.2, 0.25) is 0 Å². The Bertz CT molecular complexity index is 670. The van der Waals surface area contributed by atoms with E-state index in [1.54, 1.807) is 30.5 Å². The summed E-state index contributed by atoms with van der Waals surface area (Å²) in [6.07, 6.45) is 2.78. The van der Waals surface area contributed by atoms with Crippen molar-refractivity contribution in [2.45, 2.75) is 21.4 Å². The first-order valence-corrected chi connectivity index (χ1v) is 8.20. The summed E-state index contributed by atoms with van der Waals surface area (Å²) in [7, 11) is -3.16. The van der Waals surface area contributed by atoms with Crippen LogP contribution in [0.2, 0.25) is 0 Å². The molecule has 0 saturated carbocycles. The number of nitrogens with zero attached hydrogens (tertiary/aromatic N) is 2. The lowest BCUT2D eigenvalue weighted by atomic mass is 10.3. The number of nitrogens with two attached hydrogens (primary N) is 1. The third-order valence-electron chi connectivity index (χ3n) is 2.45. The molecule has 2 N–H and O–H groups in total. The van der Waals surface area contributed by atoms with Gasteiger partial charge in [0.15, 0.2) is 9.84 Å². The molecule has 1 heterocycles. The first kappa shape index (κ1) is 14.0. The van der Waals surface area contributed by atoms with Crippen molar-refractivity contribution >= 4 is 21.6 Å². The van der Waals surface area contributed by atoms with Crippen molar-refractivity contribution in [3.63, 3.8) is 0 Å². The molecule has 0 spiro atoms. The van der Waals surface area contributed by atoms with Gasteiger partial charge in [-0.1, -0.05) is 11.8 Å². The summed E-state index contributed by atoms with van der Waals surface area (Å²) in [5.41, 5.74) is 6.53. The topological polar surface area (TPSA) is 85.9 Å². The molecule has 0 aliphatic heterocycles. The molecule has 0 bridgehead atoms. The van der Waals surface area contributed by atoms with Crippen molar-refractivity contribution < 1.29 is 8.42 Å². The van der Waals surface area contributed by atoms with E-state index in [9.17, 15) is 8.42 Å². The van der Waals surface area contributed by atoms with Gasteiger partial charge in [0.1, 0.15) is 5.03 Å². The molecule has 0 atom stereocenters. The van der Waals surface area contributed by atoms with Gasteiger partial charge in [-0.2, -0.15) is 5.10 Å². The maximum Gasteiger partial charge on any atom is 0.175 e. The van der Waals surface area contributed by atoms with Crippen LogP contribution in [0, 0.1) is 0 Å². The second-order valence-electron chi connectivity index (χ2n) is 3.91. The molecule has 5 nitrogen and oxygen atoms in total. The Labute approximate surface area is 116 Å². The number of rotatable bonds is 4. The number of sulfone groups is 1. The fourth-order valence-electron chi connectivity index (χ4n) is 1.45. The molecule has 1 aromatic carbocycles. The Morgan fingerprint density at radius 2 is 1.89 bits per heavy atom. The molecule has 0 aliphatic rings. The number of aromatic nitrogens is 2. The maximum atomic E-state index is 11.4. The van der Waals surface area contributed by atoms with Gasteiger partial charge >= 0.3 is 0 Å². The van der Waals surface area contributed by atoms with Crippen molar-refractivity contribution in [1.29, 1.82) is 0 Å². The van der Waals surface area contributed by atoms with Gasteiger partial charge in [0, 0.05) is 29.5 Å². The summed E-state index contributed by atoms with van der Waals surface area (Å²) < 4.78 is 22.7. The molecule has 1 aromatic heterocycles. The van der Waals surface area contributed by atoms with Crippen molar-refractivity contribution in [3.8, 4) is 0 Å². The van der Waals surface area contributed by atoms with E-state index in [2.05, 4.69) is 10.2 Å². The highest BCUT2D eigenvalue weighted by atomic mass is 32.2.